The second-order valence-electron chi connectivity index (χ2n) is 4.81. The summed E-state index contributed by atoms with van der Waals surface area (Å²) < 4.78 is 32.3. The van der Waals surface area contributed by atoms with Gasteiger partial charge in [-0.3, -0.25) is 19.0 Å². The van der Waals surface area contributed by atoms with E-state index >= 15 is 0 Å². The Kier molecular flexibility index (Phi) is 2.16. The smallest absolute Gasteiger partial charge is 0.264 e. The number of nitrogen functional groups attached to an aromatic ring is 1. The maximum Gasteiger partial charge on any atom is 0.264 e. The number of aryl methyl sites for hydroxylation is 1. The van der Waals surface area contributed by atoms with E-state index in [1.165, 1.54) is 19.1 Å². The van der Waals surface area contributed by atoms with Gasteiger partial charge in [0.05, 0.1) is 24.7 Å². The first-order valence-corrected chi connectivity index (χ1v) is 6.33. The molecule has 1 heterocycles. The van der Waals surface area contributed by atoms with Gasteiger partial charge >= 0.3 is 0 Å². The third-order valence-electron chi connectivity index (χ3n) is 3.41. The SMILES string of the molecule is [2H]c1ccc2nc(C)n(C3C(=O)CC(=O)C([2H])([2H])C3[2H])c(=O)c2c1N. The lowest BCUT2D eigenvalue weighted by atomic mass is 9.92. The molecular weight excluding hydrogens is 270 g/mol. The lowest BCUT2D eigenvalue weighted by molar-refractivity contribution is -0.132. The summed E-state index contributed by atoms with van der Waals surface area (Å²) in [6.07, 6.45) is -5.02. The van der Waals surface area contributed by atoms with Gasteiger partial charge in [0.15, 0.2) is 5.78 Å². The van der Waals surface area contributed by atoms with Crippen LogP contribution >= 0.6 is 0 Å². The van der Waals surface area contributed by atoms with Crippen molar-refractivity contribution >= 4 is 28.2 Å². The van der Waals surface area contributed by atoms with Crippen molar-refractivity contribution in [2.75, 3.05) is 5.73 Å². The van der Waals surface area contributed by atoms with Crippen LogP contribution in [0.2, 0.25) is 0 Å². The average Bonchev–Trinajstić information content (AvgIpc) is 2.52. The van der Waals surface area contributed by atoms with E-state index in [1.54, 1.807) is 0 Å². The van der Waals surface area contributed by atoms with Gasteiger partial charge in [-0.15, -0.1) is 0 Å². The van der Waals surface area contributed by atoms with Gasteiger partial charge in [-0.25, -0.2) is 4.98 Å². The van der Waals surface area contributed by atoms with E-state index in [2.05, 4.69) is 4.98 Å². The van der Waals surface area contributed by atoms with Gasteiger partial charge in [-0.2, -0.15) is 0 Å². The number of nitrogens with zero attached hydrogens (tertiary/aromatic N) is 2. The fraction of sp³-hybridized carbons (Fsp3) is 0.333. The lowest BCUT2D eigenvalue weighted by Crippen LogP contribution is -2.36. The third-order valence-corrected chi connectivity index (χ3v) is 3.41. The van der Waals surface area contributed by atoms with Crippen LogP contribution in [0.1, 0.15) is 36.5 Å². The summed E-state index contributed by atoms with van der Waals surface area (Å²) in [5.74, 6) is -1.58. The van der Waals surface area contributed by atoms with Crippen molar-refractivity contribution in [1.29, 1.82) is 0 Å². The normalized spacial score (nSPS) is 27.9. The molecule has 6 nitrogen and oxygen atoms in total. The van der Waals surface area contributed by atoms with Gasteiger partial charge in [0, 0.05) is 16.2 Å². The van der Waals surface area contributed by atoms with E-state index in [-0.39, 0.29) is 28.5 Å². The van der Waals surface area contributed by atoms with Crippen molar-refractivity contribution in [2.45, 2.75) is 32.2 Å². The van der Waals surface area contributed by atoms with E-state index in [0.29, 0.717) is 0 Å². The van der Waals surface area contributed by atoms with E-state index in [4.69, 9.17) is 11.2 Å². The molecule has 1 aliphatic rings. The molecule has 2 N–H and O–H groups in total. The molecule has 2 aromatic rings. The zero-order valence-corrected chi connectivity index (χ0v) is 11.2. The van der Waals surface area contributed by atoms with Crippen molar-refractivity contribution in [3.8, 4) is 0 Å². The average molecular weight is 289 g/mol. The van der Waals surface area contributed by atoms with Crippen molar-refractivity contribution < 1.29 is 15.1 Å². The number of nitrogens with two attached hydrogens (primary N) is 1. The minimum Gasteiger partial charge on any atom is -0.398 e. The van der Waals surface area contributed by atoms with Crippen LogP contribution in [0.3, 0.4) is 0 Å². The van der Waals surface area contributed by atoms with Gasteiger partial charge in [0.1, 0.15) is 11.6 Å². The molecule has 6 heteroatoms. The lowest BCUT2D eigenvalue weighted by Gasteiger charge is -2.24. The summed E-state index contributed by atoms with van der Waals surface area (Å²) in [7, 11) is 0. The van der Waals surface area contributed by atoms with E-state index in [9.17, 15) is 14.4 Å². The molecular formula is C15H15N3O3. The molecule has 0 radical (unpaired) electrons. The summed E-state index contributed by atoms with van der Waals surface area (Å²) >= 11 is 0. The molecule has 1 fully saturated rings. The number of rotatable bonds is 1. The number of carbonyl (C=O) groups is 2. The number of aromatic nitrogens is 2. The Morgan fingerprint density at radius 1 is 1.48 bits per heavy atom. The molecule has 2 atom stereocenters. The zero-order valence-electron chi connectivity index (χ0n) is 15.2. The van der Waals surface area contributed by atoms with Gasteiger partial charge in [0.25, 0.3) is 5.56 Å². The van der Waals surface area contributed by atoms with Crippen LogP contribution in [0.15, 0.2) is 23.0 Å². The van der Waals surface area contributed by atoms with E-state index < -0.39 is 42.4 Å². The van der Waals surface area contributed by atoms with Crippen LogP contribution in [0.5, 0.6) is 0 Å². The Morgan fingerprint density at radius 2 is 2.24 bits per heavy atom. The number of ketones is 2. The molecule has 1 aromatic heterocycles. The highest BCUT2D eigenvalue weighted by Crippen LogP contribution is 2.24. The second kappa shape index (κ2) is 4.80. The van der Waals surface area contributed by atoms with Gasteiger partial charge < -0.3 is 5.73 Å². The maximum atomic E-state index is 12.9. The van der Waals surface area contributed by atoms with Gasteiger partial charge in [-0.1, -0.05) is 6.07 Å². The number of Topliss-reactive ketones (excluding diaryl/α,β-unsaturated/α-hetero) is 2. The second-order valence-corrected chi connectivity index (χ2v) is 4.81. The molecule has 0 aliphatic heterocycles. The monoisotopic (exact) mass is 289 g/mol. The van der Waals surface area contributed by atoms with Crippen molar-refractivity contribution in [3.63, 3.8) is 0 Å². The molecule has 0 amide bonds. The van der Waals surface area contributed by atoms with Crippen LogP contribution in [-0.4, -0.2) is 21.1 Å². The Hall–Kier alpha value is -2.50. The number of fused-ring (bicyclic) bond motifs is 1. The summed E-state index contributed by atoms with van der Waals surface area (Å²) in [4.78, 5) is 41.2. The number of carbonyl (C=O) groups excluding carboxylic acids is 2. The summed E-state index contributed by atoms with van der Waals surface area (Å²) in [5, 5.41) is -0.0597. The first-order chi connectivity index (χ1) is 11.6. The highest BCUT2D eigenvalue weighted by molar-refractivity contribution is 6.03. The molecule has 21 heavy (non-hydrogen) atoms. The number of hydrogen-bond acceptors (Lipinski definition) is 5. The zero-order chi connectivity index (χ0) is 18.7. The summed E-state index contributed by atoms with van der Waals surface area (Å²) in [6, 6.07) is 1.29. The van der Waals surface area contributed by atoms with Crippen LogP contribution in [-0.2, 0) is 9.59 Å². The first-order valence-electron chi connectivity index (χ1n) is 8.41. The highest BCUT2D eigenvalue weighted by Gasteiger charge is 2.30. The molecule has 108 valence electrons. The highest BCUT2D eigenvalue weighted by atomic mass is 16.2. The van der Waals surface area contributed by atoms with Crippen LogP contribution in [0, 0.1) is 6.92 Å². The van der Waals surface area contributed by atoms with Crippen LogP contribution in [0.4, 0.5) is 5.69 Å². The quantitative estimate of drug-likeness (QED) is 0.627. The minimum absolute atomic E-state index is 0.0597. The first kappa shape index (κ1) is 9.44. The van der Waals surface area contributed by atoms with Gasteiger partial charge in [0.2, 0.25) is 0 Å². The molecule has 1 saturated carbocycles. The fourth-order valence-corrected chi connectivity index (χ4v) is 2.44. The molecule has 2 unspecified atom stereocenters. The Balaban J connectivity index is 2.32. The fourth-order valence-electron chi connectivity index (χ4n) is 2.44. The van der Waals surface area contributed by atoms with E-state index in [1.807, 2.05) is 0 Å². The van der Waals surface area contributed by atoms with Crippen molar-refractivity contribution in [3.05, 3.63) is 34.4 Å². The number of anilines is 1. The number of hydrogen-bond donors (Lipinski definition) is 1. The summed E-state index contributed by atoms with van der Waals surface area (Å²) in [6.45, 7) is 1.46. The Labute approximate surface area is 126 Å². The van der Waals surface area contributed by atoms with Crippen molar-refractivity contribution in [1.82, 2.24) is 9.55 Å². The van der Waals surface area contributed by atoms with E-state index in [0.717, 1.165) is 4.57 Å². The molecule has 1 aliphatic carbocycles. The third kappa shape index (κ3) is 2.12. The molecule has 1 aromatic carbocycles. The van der Waals surface area contributed by atoms with Crippen LogP contribution < -0.4 is 11.3 Å². The predicted molar refractivity (Wildman–Crippen MR) is 78.1 cm³/mol. The molecule has 3 rings (SSSR count). The van der Waals surface area contributed by atoms with Gasteiger partial charge in [-0.05, 0) is 25.4 Å². The number of benzene rings is 1. The molecule has 0 saturated heterocycles. The van der Waals surface area contributed by atoms with Crippen LogP contribution in [0.25, 0.3) is 10.9 Å². The largest absolute Gasteiger partial charge is 0.398 e. The Bertz CT molecular complexity index is 986. The molecule has 0 bridgehead atoms. The standard InChI is InChI=1S/C15H15N3O3/c1-8-17-11-4-2-3-10(16)14(11)15(21)18(8)12-6-5-9(19)7-13(12)20/h2-4,12H,5-7,16H2,1H3/i3D,5D2,6D. The maximum absolute atomic E-state index is 12.9. The molecule has 0 spiro atoms. The Morgan fingerprint density at radius 3 is 3.00 bits per heavy atom. The van der Waals surface area contributed by atoms with Crippen molar-refractivity contribution in [2.24, 2.45) is 0 Å². The minimum atomic E-state index is -2.55. The topological polar surface area (TPSA) is 95.0 Å². The predicted octanol–water partition coefficient (Wildman–Crippen LogP) is 1.15. The summed E-state index contributed by atoms with van der Waals surface area (Å²) in [5.41, 5.74) is 5.23.